The molecule has 7 nitrogen and oxygen atoms in total. The molecule has 2 rings (SSSR count). The van der Waals surface area contributed by atoms with Crippen molar-refractivity contribution in [3.63, 3.8) is 0 Å². The summed E-state index contributed by atoms with van der Waals surface area (Å²) in [5, 5.41) is 12.3. The fourth-order valence-electron chi connectivity index (χ4n) is 1.62. The number of pyridine rings is 1. The molecule has 0 aliphatic heterocycles. The van der Waals surface area contributed by atoms with Crippen LogP contribution >= 0.6 is 0 Å². The number of rotatable bonds is 5. The lowest BCUT2D eigenvalue weighted by Crippen LogP contribution is -2.36. The minimum Gasteiger partial charge on any atom is -0.389 e. The predicted octanol–water partition coefficient (Wildman–Crippen LogP) is -0.571. The van der Waals surface area contributed by atoms with E-state index >= 15 is 0 Å². The van der Waals surface area contributed by atoms with Gasteiger partial charge in [0.2, 0.25) is 0 Å². The molecule has 20 heavy (non-hydrogen) atoms. The van der Waals surface area contributed by atoms with Crippen molar-refractivity contribution in [3.05, 3.63) is 59.0 Å². The van der Waals surface area contributed by atoms with Crippen molar-refractivity contribution in [2.75, 3.05) is 6.54 Å². The van der Waals surface area contributed by atoms with Gasteiger partial charge in [0, 0.05) is 31.2 Å². The summed E-state index contributed by atoms with van der Waals surface area (Å²) in [4.78, 5) is 30.8. The molecule has 2 N–H and O–H groups in total. The van der Waals surface area contributed by atoms with E-state index in [4.69, 9.17) is 0 Å². The van der Waals surface area contributed by atoms with E-state index in [1.54, 1.807) is 18.3 Å². The molecule has 1 atom stereocenters. The van der Waals surface area contributed by atoms with Crippen molar-refractivity contribution in [2.45, 2.75) is 12.6 Å². The van der Waals surface area contributed by atoms with Crippen molar-refractivity contribution in [3.8, 4) is 0 Å². The molecule has 0 spiro atoms. The Balaban J connectivity index is 1.87. The number of nitrogens with one attached hydrogen (secondary N) is 1. The first kappa shape index (κ1) is 13.9. The first-order chi connectivity index (χ1) is 9.66. The highest BCUT2D eigenvalue weighted by atomic mass is 16.3. The third kappa shape index (κ3) is 3.72. The van der Waals surface area contributed by atoms with E-state index in [0.29, 0.717) is 0 Å². The molecule has 0 radical (unpaired) electrons. The summed E-state index contributed by atoms with van der Waals surface area (Å²) in [6.45, 7) is 0.136. The van der Waals surface area contributed by atoms with Gasteiger partial charge in [-0.05, 0) is 6.07 Å². The minimum absolute atomic E-state index is 0.0245. The third-order valence-electron chi connectivity index (χ3n) is 2.60. The van der Waals surface area contributed by atoms with E-state index in [1.807, 2.05) is 0 Å². The fraction of sp³-hybridized carbons (Fsp3) is 0.231. The number of carbonyl (C=O) groups excluding carboxylic acids is 1. The van der Waals surface area contributed by atoms with Crippen molar-refractivity contribution < 1.29 is 9.90 Å². The van der Waals surface area contributed by atoms with Gasteiger partial charge in [0.15, 0.2) is 0 Å². The molecule has 7 heteroatoms. The van der Waals surface area contributed by atoms with E-state index in [9.17, 15) is 14.7 Å². The van der Waals surface area contributed by atoms with Crippen LogP contribution < -0.4 is 10.9 Å². The summed E-state index contributed by atoms with van der Waals surface area (Å²) in [5.74, 6) is -0.419. The molecular formula is C13H14N4O3. The molecule has 0 fully saturated rings. The number of carbonyl (C=O) groups is 1. The van der Waals surface area contributed by atoms with E-state index in [0.717, 1.165) is 0 Å². The number of aromatic nitrogens is 3. The van der Waals surface area contributed by atoms with E-state index in [1.165, 1.54) is 29.2 Å². The Morgan fingerprint density at radius 2 is 2.25 bits per heavy atom. The van der Waals surface area contributed by atoms with Gasteiger partial charge in [0.1, 0.15) is 5.69 Å². The number of nitrogens with zero attached hydrogens (tertiary/aromatic N) is 3. The molecule has 0 aliphatic carbocycles. The zero-order chi connectivity index (χ0) is 14.4. The van der Waals surface area contributed by atoms with Crippen LogP contribution in [0.1, 0.15) is 10.5 Å². The van der Waals surface area contributed by atoms with Gasteiger partial charge >= 0.3 is 0 Å². The smallest absolute Gasteiger partial charge is 0.271 e. The summed E-state index contributed by atoms with van der Waals surface area (Å²) >= 11 is 0. The van der Waals surface area contributed by atoms with Gasteiger partial charge in [-0.2, -0.15) is 0 Å². The van der Waals surface area contributed by atoms with Crippen molar-refractivity contribution in [1.29, 1.82) is 0 Å². The SMILES string of the molecule is O=C(NC[C@@H](O)Cn1ccccc1=O)c1cnccn1. The maximum Gasteiger partial charge on any atom is 0.271 e. The van der Waals surface area contributed by atoms with Crippen molar-refractivity contribution in [1.82, 2.24) is 19.9 Å². The molecule has 0 unspecified atom stereocenters. The maximum atomic E-state index is 11.7. The molecule has 2 aromatic rings. The summed E-state index contributed by atoms with van der Waals surface area (Å²) in [5.41, 5.74) is -0.0246. The Bertz CT molecular complexity index is 627. The van der Waals surface area contributed by atoms with Crippen LogP contribution in [-0.2, 0) is 6.54 Å². The van der Waals surface area contributed by atoms with Crippen LogP contribution in [0, 0.1) is 0 Å². The first-order valence-electron chi connectivity index (χ1n) is 6.04. The topological polar surface area (TPSA) is 97.1 Å². The van der Waals surface area contributed by atoms with Crippen LogP contribution in [0.25, 0.3) is 0 Å². The van der Waals surface area contributed by atoms with Crippen LogP contribution in [0.4, 0.5) is 0 Å². The predicted molar refractivity (Wildman–Crippen MR) is 71.1 cm³/mol. The normalized spacial score (nSPS) is 11.8. The van der Waals surface area contributed by atoms with Gasteiger partial charge in [0.05, 0.1) is 18.8 Å². The fourth-order valence-corrected chi connectivity index (χ4v) is 1.62. The molecule has 0 aromatic carbocycles. The molecule has 0 saturated carbocycles. The maximum absolute atomic E-state index is 11.7. The first-order valence-corrected chi connectivity index (χ1v) is 6.04. The highest BCUT2D eigenvalue weighted by Gasteiger charge is 2.10. The van der Waals surface area contributed by atoms with Crippen LogP contribution in [0.3, 0.4) is 0 Å². The molecular weight excluding hydrogens is 260 g/mol. The zero-order valence-electron chi connectivity index (χ0n) is 10.6. The summed E-state index contributed by atoms with van der Waals surface area (Å²) in [6.07, 6.45) is 4.93. The second-order valence-electron chi connectivity index (χ2n) is 4.15. The molecule has 104 valence electrons. The van der Waals surface area contributed by atoms with Crippen LogP contribution in [0.2, 0.25) is 0 Å². The molecule has 0 aliphatic rings. The summed E-state index contributed by atoms with van der Waals surface area (Å²) < 4.78 is 1.37. The number of amides is 1. The Kier molecular flexibility index (Phi) is 4.56. The van der Waals surface area contributed by atoms with E-state index in [-0.39, 0.29) is 24.3 Å². The minimum atomic E-state index is -0.865. The zero-order valence-corrected chi connectivity index (χ0v) is 10.6. The Morgan fingerprint density at radius 3 is 2.95 bits per heavy atom. The Hall–Kier alpha value is -2.54. The van der Waals surface area contributed by atoms with Crippen LogP contribution in [-0.4, -0.2) is 38.2 Å². The lowest BCUT2D eigenvalue weighted by atomic mass is 10.3. The Labute approximate surface area is 114 Å². The average molecular weight is 274 g/mol. The quantitative estimate of drug-likeness (QED) is 0.761. The number of aliphatic hydroxyl groups excluding tert-OH is 1. The van der Waals surface area contributed by atoms with Crippen LogP contribution in [0.15, 0.2) is 47.8 Å². The van der Waals surface area contributed by atoms with Crippen molar-refractivity contribution >= 4 is 5.91 Å². The van der Waals surface area contributed by atoms with Gasteiger partial charge in [-0.1, -0.05) is 6.07 Å². The van der Waals surface area contributed by atoms with Gasteiger partial charge < -0.3 is 15.0 Å². The molecule has 0 bridgehead atoms. The molecule has 2 heterocycles. The van der Waals surface area contributed by atoms with Gasteiger partial charge in [-0.3, -0.25) is 14.6 Å². The third-order valence-corrected chi connectivity index (χ3v) is 2.60. The standard InChI is InChI=1S/C13H14N4O3/c18-10(9-17-6-2-1-3-12(17)19)7-16-13(20)11-8-14-4-5-15-11/h1-6,8,10,18H,7,9H2,(H,16,20)/t10-/m1/s1. The second-order valence-corrected chi connectivity index (χ2v) is 4.15. The van der Waals surface area contributed by atoms with E-state index < -0.39 is 12.0 Å². The lowest BCUT2D eigenvalue weighted by molar-refractivity contribution is 0.0898. The highest BCUT2D eigenvalue weighted by molar-refractivity contribution is 5.91. The monoisotopic (exact) mass is 274 g/mol. The number of hydrogen-bond acceptors (Lipinski definition) is 5. The molecule has 1 amide bonds. The molecule has 0 saturated heterocycles. The van der Waals surface area contributed by atoms with Gasteiger partial charge in [-0.25, -0.2) is 4.98 Å². The number of aliphatic hydroxyl groups is 1. The highest BCUT2D eigenvalue weighted by Crippen LogP contribution is 1.92. The Morgan fingerprint density at radius 1 is 1.40 bits per heavy atom. The molecule has 2 aromatic heterocycles. The van der Waals surface area contributed by atoms with E-state index in [2.05, 4.69) is 15.3 Å². The van der Waals surface area contributed by atoms with Crippen LogP contribution in [0.5, 0.6) is 0 Å². The largest absolute Gasteiger partial charge is 0.389 e. The second kappa shape index (κ2) is 6.58. The van der Waals surface area contributed by atoms with Crippen molar-refractivity contribution in [2.24, 2.45) is 0 Å². The average Bonchev–Trinajstić information content (AvgIpc) is 2.48. The summed E-state index contributed by atoms with van der Waals surface area (Å²) in [6, 6.07) is 4.73. The lowest BCUT2D eigenvalue weighted by Gasteiger charge is -2.13. The van der Waals surface area contributed by atoms with Gasteiger partial charge in [0.25, 0.3) is 11.5 Å². The van der Waals surface area contributed by atoms with Gasteiger partial charge in [-0.15, -0.1) is 0 Å². The number of hydrogen-bond donors (Lipinski definition) is 2. The summed E-state index contributed by atoms with van der Waals surface area (Å²) in [7, 11) is 0.